The van der Waals surface area contributed by atoms with Gasteiger partial charge in [-0.15, -0.1) is 0 Å². The van der Waals surface area contributed by atoms with Crippen molar-refractivity contribution in [3.8, 4) is 0 Å². The summed E-state index contributed by atoms with van der Waals surface area (Å²) in [6, 6.07) is 11.6. The molecule has 0 spiro atoms. The molecule has 1 heteroatoms. The van der Waals surface area contributed by atoms with E-state index in [9.17, 15) is 0 Å². The van der Waals surface area contributed by atoms with Crippen molar-refractivity contribution in [3.05, 3.63) is 35.9 Å². The molecule has 1 N–H and O–H groups in total. The van der Waals surface area contributed by atoms with Gasteiger partial charge in [0.1, 0.15) is 0 Å². The fourth-order valence-corrected chi connectivity index (χ4v) is 2.60. The predicted molar refractivity (Wildman–Crippen MR) is 76.4 cm³/mol. The van der Waals surface area contributed by atoms with Crippen LogP contribution in [0.2, 0.25) is 0 Å². The standard InChI is InChI=1S/C16H27N/c1-5-9-16(17-4)15(12-13(2)3)14-10-7-6-8-11-14/h6-8,10-11,13,15-17H,5,9,12H2,1-4H3. The lowest BCUT2D eigenvalue weighted by atomic mass is 9.83. The van der Waals surface area contributed by atoms with E-state index in [2.05, 4.69) is 63.5 Å². The van der Waals surface area contributed by atoms with Crippen molar-refractivity contribution in [2.75, 3.05) is 7.05 Å². The second kappa shape index (κ2) is 7.50. The molecule has 1 aromatic rings. The number of benzene rings is 1. The predicted octanol–water partition coefficient (Wildman–Crippen LogP) is 4.20. The second-order valence-corrected chi connectivity index (χ2v) is 5.33. The van der Waals surface area contributed by atoms with Crippen LogP contribution in [0, 0.1) is 5.92 Å². The van der Waals surface area contributed by atoms with Gasteiger partial charge in [-0.05, 0) is 37.3 Å². The second-order valence-electron chi connectivity index (χ2n) is 5.33. The maximum Gasteiger partial charge on any atom is 0.0133 e. The normalized spacial score (nSPS) is 14.9. The summed E-state index contributed by atoms with van der Waals surface area (Å²) in [4.78, 5) is 0. The molecule has 1 nitrogen and oxygen atoms in total. The van der Waals surface area contributed by atoms with Gasteiger partial charge in [-0.3, -0.25) is 0 Å². The molecule has 0 radical (unpaired) electrons. The molecule has 0 heterocycles. The first kappa shape index (κ1) is 14.2. The Hall–Kier alpha value is -0.820. The van der Waals surface area contributed by atoms with Gasteiger partial charge in [0.25, 0.3) is 0 Å². The molecule has 1 aromatic carbocycles. The maximum absolute atomic E-state index is 3.51. The number of hydrogen-bond acceptors (Lipinski definition) is 1. The topological polar surface area (TPSA) is 12.0 Å². The molecule has 0 aliphatic carbocycles. The molecule has 0 amide bonds. The van der Waals surface area contributed by atoms with Gasteiger partial charge < -0.3 is 5.32 Å². The molecular weight excluding hydrogens is 206 g/mol. The molecule has 2 atom stereocenters. The van der Waals surface area contributed by atoms with Gasteiger partial charge in [-0.1, -0.05) is 57.5 Å². The average molecular weight is 233 g/mol. The van der Waals surface area contributed by atoms with Crippen molar-refractivity contribution in [3.63, 3.8) is 0 Å². The zero-order valence-corrected chi connectivity index (χ0v) is 11.7. The molecule has 0 aliphatic rings. The lowest BCUT2D eigenvalue weighted by Crippen LogP contribution is -2.32. The van der Waals surface area contributed by atoms with E-state index in [0.717, 1.165) is 5.92 Å². The van der Waals surface area contributed by atoms with Gasteiger partial charge in [-0.2, -0.15) is 0 Å². The summed E-state index contributed by atoms with van der Waals surface area (Å²) in [6.07, 6.45) is 3.76. The van der Waals surface area contributed by atoms with E-state index < -0.39 is 0 Å². The number of rotatable bonds is 7. The third kappa shape index (κ3) is 4.51. The van der Waals surface area contributed by atoms with Crippen LogP contribution in [0.3, 0.4) is 0 Å². The van der Waals surface area contributed by atoms with Gasteiger partial charge in [0.2, 0.25) is 0 Å². The van der Waals surface area contributed by atoms with Gasteiger partial charge in [0.05, 0.1) is 0 Å². The highest BCUT2D eigenvalue weighted by atomic mass is 14.9. The minimum atomic E-state index is 0.602. The summed E-state index contributed by atoms with van der Waals surface area (Å²) < 4.78 is 0. The average Bonchev–Trinajstić information content (AvgIpc) is 2.34. The van der Waals surface area contributed by atoms with Crippen LogP contribution in [-0.2, 0) is 0 Å². The van der Waals surface area contributed by atoms with Crippen LogP contribution in [0.4, 0.5) is 0 Å². The molecule has 0 saturated heterocycles. The summed E-state index contributed by atoms with van der Waals surface area (Å²) in [7, 11) is 2.09. The Morgan fingerprint density at radius 2 is 1.76 bits per heavy atom. The Bertz CT molecular complexity index is 292. The summed E-state index contributed by atoms with van der Waals surface area (Å²) in [5.74, 6) is 1.38. The molecule has 0 aliphatic heterocycles. The number of hydrogen-bond donors (Lipinski definition) is 1. The fraction of sp³-hybridized carbons (Fsp3) is 0.625. The van der Waals surface area contributed by atoms with E-state index in [1.807, 2.05) is 0 Å². The van der Waals surface area contributed by atoms with E-state index in [1.165, 1.54) is 24.8 Å². The quantitative estimate of drug-likeness (QED) is 0.744. The third-order valence-electron chi connectivity index (χ3n) is 3.41. The van der Waals surface area contributed by atoms with E-state index in [0.29, 0.717) is 12.0 Å². The smallest absolute Gasteiger partial charge is 0.0133 e. The van der Waals surface area contributed by atoms with E-state index in [4.69, 9.17) is 0 Å². The van der Waals surface area contributed by atoms with Gasteiger partial charge in [-0.25, -0.2) is 0 Å². The highest BCUT2D eigenvalue weighted by molar-refractivity contribution is 5.21. The van der Waals surface area contributed by atoms with Crippen LogP contribution >= 0.6 is 0 Å². The van der Waals surface area contributed by atoms with Crippen LogP contribution in [0.5, 0.6) is 0 Å². The summed E-state index contributed by atoms with van der Waals surface area (Å²) in [6.45, 7) is 6.89. The Kier molecular flexibility index (Phi) is 6.28. The van der Waals surface area contributed by atoms with Gasteiger partial charge in [0.15, 0.2) is 0 Å². The molecule has 2 unspecified atom stereocenters. The third-order valence-corrected chi connectivity index (χ3v) is 3.41. The zero-order valence-electron chi connectivity index (χ0n) is 11.7. The van der Waals surface area contributed by atoms with Gasteiger partial charge >= 0.3 is 0 Å². The summed E-state index contributed by atoms with van der Waals surface area (Å²) in [5, 5.41) is 3.51. The SMILES string of the molecule is CCCC(NC)C(CC(C)C)c1ccccc1. The minimum Gasteiger partial charge on any atom is -0.316 e. The first-order chi connectivity index (χ1) is 8.19. The highest BCUT2D eigenvalue weighted by Crippen LogP contribution is 2.29. The van der Waals surface area contributed by atoms with Crippen molar-refractivity contribution in [1.82, 2.24) is 5.32 Å². The van der Waals surface area contributed by atoms with E-state index in [1.54, 1.807) is 0 Å². The molecule has 0 fully saturated rings. The molecule has 17 heavy (non-hydrogen) atoms. The fourth-order valence-electron chi connectivity index (χ4n) is 2.60. The Labute approximate surface area is 107 Å². The van der Waals surface area contributed by atoms with Crippen molar-refractivity contribution in [2.45, 2.75) is 52.0 Å². The lowest BCUT2D eigenvalue weighted by Gasteiger charge is -2.28. The van der Waals surface area contributed by atoms with Crippen molar-refractivity contribution in [2.24, 2.45) is 5.92 Å². The minimum absolute atomic E-state index is 0.602. The van der Waals surface area contributed by atoms with Crippen molar-refractivity contribution >= 4 is 0 Å². The molecule has 1 rings (SSSR count). The summed E-state index contributed by atoms with van der Waals surface area (Å²) in [5.41, 5.74) is 1.48. The first-order valence-electron chi connectivity index (χ1n) is 6.91. The highest BCUT2D eigenvalue weighted by Gasteiger charge is 2.21. The molecule has 96 valence electrons. The van der Waals surface area contributed by atoms with Crippen LogP contribution in [0.25, 0.3) is 0 Å². The number of nitrogens with one attached hydrogen (secondary N) is 1. The maximum atomic E-state index is 3.51. The molecule has 0 saturated carbocycles. The van der Waals surface area contributed by atoms with Crippen LogP contribution < -0.4 is 5.32 Å². The Morgan fingerprint density at radius 1 is 1.12 bits per heavy atom. The largest absolute Gasteiger partial charge is 0.316 e. The first-order valence-corrected chi connectivity index (χ1v) is 6.91. The van der Waals surface area contributed by atoms with Gasteiger partial charge in [0, 0.05) is 6.04 Å². The summed E-state index contributed by atoms with van der Waals surface area (Å²) >= 11 is 0. The Balaban J connectivity index is 2.86. The van der Waals surface area contributed by atoms with Crippen LogP contribution in [0.15, 0.2) is 30.3 Å². The van der Waals surface area contributed by atoms with E-state index in [-0.39, 0.29) is 0 Å². The molecular formula is C16H27N. The van der Waals surface area contributed by atoms with Crippen molar-refractivity contribution in [1.29, 1.82) is 0 Å². The molecule has 0 bridgehead atoms. The zero-order chi connectivity index (χ0) is 12.7. The lowest BCUT2D eigenvalue weighted by molar-refractivity contribution is 0.374. The molecule has 0 aromatic heterocycles. The monoisotopic (exact) mass is 233 g/mol. The van der Waals surface area contributed by atoms with E-state index >= 15 is 0 Å². The van der Waals surface area contributed by atoms with Crippen LogP contribution in [-0.4, -0.2) is 13.1 Å². The van der Waals surface area contributed by atoms with Crippen molar-refractivity contribution < 1.29 is 0 Å². The van der Waals surface area contributed by atoms with Crippen LogP contribution in [0.1, 0.15) is 51.5 Å². The number of likely N-dealkylation sites (N-methyl/N-ethyl adjacent to an activating group) is 1. The Morgan fingerprint density at radius 3 is 2.24 bits per heavy atom.